The lowest BCUT2D eigenvalue weighted by molar-refractivity contribution is -0.117. The van der Waals surface area contributed by atoms with Crippen LogP contribution in [0.15, 0.2) is 72.8 Å². The number of anilines is 1. The molecule has 2 fully saturated rings. The molecule has 228 valence electrons. The monoisotopic (exact) mass is 593 g/mol. The third-order valence-electron chi connectivity index (χ3n) is 8.50. The van der Waals surface area contributed by atoms with Gasteiger partial charge < -0.3 is 24.7 Å². The average molecular weight is 594 g/mol. The summed E-state index contributed by atoms with van der Waals surface area (Å²) < 4.78 is 10.8. The van der Waals surface area contributed by atoms with Gasteiger partial charge in [-0.1, -0.05) is 48.5 Å². The highest BCUT2D eigenvalue weighted by Crippen LogP contribution is 2.48. The molecule has 1 heterocycles. The Balaban J connectivity index is 1.25. The summed E-state index contributed by atoms with van der Waals surface area (Å²) >= 11 is 0. The molecule has 2 saturated carbocycles. The van der Waals surface area contributed by atoms with Gasteiger partial charge in [-0.15, -0.1) is 0 Å². The summed E-state index contributed by atoms with van der Waals surface area (Å²) in [6.07, 6.45) is 3.57. The Labute approximate surface area is 257 Å². The Morgan fingerprint density at radius 1 is 0.977 bits per heavy atom. The first kappa shape index (κ1) is 29.5. The number of aromatic amines is 1. The molecular formula is C36H39N3O5. The summed E-state index contributed by atoms with van der Waals surface area (Å²) in [7, 11) is 1.35. The van der Waals surface area contributed by atoms with Gasteiger partial charge in [-0.2, -0.15) is 0 Å². The van der Waals surface area contributed by atoms with Gasteiger partial charge in [-0.3, -0.25) is 4.79 Å². The third kappa shape index (κ3) is 6.34. The van der Waals surface area contributed by atoms with Gasteiger partial charge in [0, 0.05) is 40.8 Å². The average Bonchev–Trinajstić information content (AvgIpc) is 3.66. The van der Waals surface area contributed by atoms with E-state index < -0.39 is 11.6 Å². The molecule has 8 nitrogen and oxygen atoms in total. The van der Waals surface area contributed by atoms with E-state index in [1.54, 1.807) is 6.07 Å². The van der Waals surface area contributed by atoms with Crippen molar-refractivity contribution in [1.29, 1.82) is 0 Å². The summed E-state index contributed by atoms with van der Waals surface area (Å²) in [6.45, 7) is 6.09. The van der Waals surface area contributed by atoms with E-state index in [9.17, 15) is 14.4 Å². The number of nitrogens with zero attached hydrogens (tertiary/aromatic N) is 1. The zero-order valence-electron chi connectivity index (χ0n) is 25.7. The summed E-state index contributed by atoms with van der Waals surface area (Å²) in [6, 6.07) is 23.7. The van der Waals surface area contributed by atoms with E-state index in [2.05, 4.69) is 28.5 Å². The minimum absolute atomic E-state index is 0.0606. The highest BCUT2D eigenvalue weighted by Gasteiger charge is 2.44. The number of methoxy groups -OCH3 is 1. The molecule has 2 amide bonds. The lowest BCUT2D eigenvalue weighted by atomic mass is 9.91. The van der Waals surface area contributed by atoms with Crippen LogP contribution in [0.5, 0.6) is 0 Å². The molecule has 2 atom stereocenters. The van der Waals surface area contributed by atoms with Crippen molar-refractivity contribution in [2.45, 2.75) is 70.6 Å². The quantitative estimate of drug-likeness (QED) is 0.204. The molecule has 0 aliphatic heterocycles. The molecule has 2 N–H and O–H groups in total. The van der Waals surface area contributed by atoms with Crippen molar-refractivity contribution >= 4 is 34.6 Å². The molecule has 0 spiro atoms. The Kier molecular flexibility index (Phi) is 7.93. The number of hydrogen-bond donors (Lipinski definition) is 2. The van der Waals surface area contributed by atoms with Gasteiger partial charge in [0.05, 0.1) is 12.7 Å². The number of nitrogens with one attached hydrogen (secondary N) is 2. The molecule has 0 radical (unpaired) electrons. The topological polar surface area (TPSA) is 101 Å². The number of aromatic nitrogens is 1. The van der Waals surface area contributed by atoms with E-state index in [0.717, 1.165) is 48.1 Å². The summed E-state index contributed by atoms with van der Waals surface area (Å²) in [5.74, 6) is -0.432. The lowest BCUT2D eigenvalue weighted by Gasteiger charge is -2.38. The standard InChI is InChI=1S/C36H39N3O5/c1-36(2,3)44-35(42)39(26-14-9-15-26)21-22-10-8-13-24(16-22)31-20-28-30(34(41)43-4)17-25(18-32(28)38-31)37-33(40)29-19-27(29)23-11-6-5-7-12-23/h5-8,10-13,16-18,20,26-27,29,38H,9,14-15,19,21H2,1-4H3,(H,37,40). The van der Waals surface area contributed by atoms with E-state index >= 15 is 0 Å². The summed E-state index contributed by atoms with van der Waals surface area (Å²) in [5, 5.41) is 3.73. The Morgan fingerprint density at radius 2 is 1.75 bits per heavy atom. The van der Waals surface area contributed by atoms with Crippen molar-refractivity contribution in [3.8, 4) is 11.3 Å². The highest BCUT2D eigenvalue weighted by atomic mass is 16.6. The molecule has 44 heavy (non-hydrogen) atoms. The van der Waals surface area contributed by atoms with Crippen LogP contribution in [0.3, 0.4) is 0 Å². The van der Waals surface area contributed by atoms with Crippen LogP contribution < -0.4 is 5.32 Å². The molecule has 0 bridgehead atoms. The number of benzene rings is 3. The van der Waals surface area contributed by atoms with Gasteiger partial charge in [0.15, 0.2) is 0 Å². The highest BCUT2D eigenvalue weighted by molar-refractivity contribution is 6.08. The first-order valence-corrected chi connectivity index (χ1v) is 15.3. The minimum Gasteiger partial charge on any atom is -0.465 e. The third-order valence-corrected chi connectivity index (χ3v) is 8.50. The maximum atomic E-state index is 13.1. The van der Waals surface area contributed by atoms with Crippen molar-refractivity contribution in [3.63, 3.8) is 0 Å². The first-order chi connectivity index (χ1) is 21.1. The summed E-state index contributed by atoms with van der Waals surface area (Å²) in [4.78, 5) is 44.3. The van der Waals surface area contributed by atoms with Crippen LogP contribution in [0.25, 0.3) is 22.2 Å². The molecule has 3 aromatic carbocycles. The van der Waals surface area contributed by atoms with Crippen LogP contribution in [-0.4, -0.2) is 46.6 Å². The lowest BCUT2D eigenvalue weighted by Crippen LogP contribution is -2.46. The van der Waals surface area contributed by atoms with Gasteiger partial charge in [0.1, 0.15) is 5.60 Å². The zero-order valence-corrected chi connectivity index (χ0v) is 25.7. The smallest absolute Gasteiger partial charge is 0.410 e. The second kappa shape index (κ2) is 11.8. The van der Waals surface area contributed by atoms with Gasteiger partial charge in [0.25, 0.3) is 0 Å². The Morgan fingerprint density at radius 3 is 2.43 bits per heavy atom. The van der Waals surface area contributed by atoms with Crippen molar-refractivity contribution in [2.75, 3.05) is 12.4 Å². The van der Waals surface area contributed by atoms with E-state index in [1.165, 1.54) is 7.11 Å². The maximum absolute atomic E-state index is 13.1. The number of rotatable bonds is 8. The van der Waals surface area contributed by atoms with Gasteiger partial charge in [-0.05, 0) is 93.3 Å². The largest absolute Gasteiger partial charge is 0.465 e. The maximum Gasteiger partial charge on any atom is 0.410 e. The Bertz CT molecular complexity index is 1700. The molecule has 1 aromatic heterocycles. The molecule has 0 saturated heterocycles. The number of ether oxygens (including phenoxy) is 2. The SMILES string of the molecule is COC(=O)c1cc(NC(=O)C2CC2c2ccccc2)cc2[nH]c(-c3cccc(CN(C(=O)OC(C)(C)C)C4CCC4)c3)cc12. The second-order valence-electron chi connectivity index (χ2n) is 12.9. The Hall–Kier alpha value is -4.59. The molecule has 2 unspecified atom stereocenters. The van der Waals surface area contributed by atoms with Crippen LogP contribution >= 0.6 is 0 Å². The molecule has 2 aliphatic rings. The normalized spacial score (nSPS) is 17.9. The van der Waals surface area contributed by atoms with Gasteiger partial charge in [0.2, 0.25) is 5.91 Å². The van der Waals surface area contributed by atoms with Crippen molar-refractivity contribution in [1.82, 2.24) is 9.88 Å². The number of carbonyl (C=O) groups excluding carboxylic acids is 3. The molecule has 4 aromatic rings. The predicted molar refractivity (Wildman–Crippen MR) is 170 cm³/mol. The van der Waals surface area contributed by atoms with Crippen LogP contribution in [0, 0.1) is 5.92 Å². The van der Waals surface area contributed by atoms with Crippen LogP contribution in [0.2, 0.25) is 0 Å². The van der Waals surface area contributed by atoms with Gasteiger partial charge >= 0.3 is 12.1 Å². The number of fused-ring (bicyclic) bond motifs is 1. The van der Waals surface area contributed by atoms with E-state index in [0.29, 0.717) is 28.7 Å². The van der Waals surface area contributed by atoms with E-state index in [1.807, 2.05) is 74.2 Å². The van der Waals surface area contributed by atoms with Crippen LogP contribution in [0.4, 0.5) is 10.5 Å². The molecule has 2 aliphatic carbocycles. The second-order valence-corrected chi connectivity index (χ2v) is 12.9. The number of H-pyrrole nitrogens is 1. The van der Waals surface area contributed by atoms with Crippen LogP contribution in [0.1, 0.15) is 73.9 Å². The number of amides is 2. The molecule has 6 rings (SSSR count). The first-order valence-electron chi connectivity index (χ1n) is 15.3. The fourth-order valence-corrected chi connectivity index (χ4v) is 5.93. The fourth-order valence-electron chi connectivity index (χ4n) is 5.93. The number of carbonyl (C=O) groups is 3. The van der Waals surface area contributed by atoms with Crippen molar-refractivity contribution in [3.05, 3.63) is 89.5 Å². The molecular weight excluding hydrogens is 554 g/mol. The number of esters is 1. The molecule has 8 heteroatoms. The van der Waals surface area contributed by atoms with Gasteiger partial charge in [-0.25, -0.2) is 9.59 Å². The number of hydrogen-bond acceptors (Lipinski definition) is 5. The predicted octanol–water partition coefficient (Wildman–Crippen LogP) is 7.65. The van der Waals surface area contributed by atoms with E-state index in [4.69, 9.17) is 9.47 Å². The summed E-state index contributed by atoms with van der Waals surface area (Å²) in [5.41, 5.74) is 4.93. The van der Waals surface area contributed by atoms with Crippen LogP contribution in [-0.2, 0) is 20.8 Å². The fraction of sp³-hybridized carbons (Fsp3) is 0.361. The zero-order chi connectivity index (χ0) is 31.0. The minimum atomic E-state index is -0.566. The van der Waals surface area contributed by atoms with Crippen molar-refractivity contribution in [2.24, 2.45) is 5.92 Å². The van der Waals surface area contributed by atoms with E-state index in [-0.39, 0.29) is 29.9 Å². The van der Waals surface area contributed by atoms with Crippen molar-refractivity contribution < 1.29 is 23.9 Å².